The molecule has 0 aliphatic carbocycles. The van der Waals surface area contributed by atoms with Gasteiger partial charge in [0.05, 0.1) is 24.0 Å². The summed E-state index contributed by atoms with van der Waals surface area (Å²) >= 11 is 5.91. The van der Waals surface area contributed by atoms with Crippen LogP contribution in [0.5, 0.6) is 5.88 Å². The molecule has 1 fully saturated rings. The number of nitrogens with zero attached hydrogens (tertiary/aromatic N) is 2. The molecule has 132 valence electrons. The van der Waals surface area contributed by atoms with Gasteiger partial charge < -0.3 is 14.7 Å². The second-order valence-electron chi connectivity index (χ2n) is 5.25. The van der Waals surface area contributed by atoms with Gasteiger partial charge >= 0.3 is 12.1 Å². The van der Waals surface area contributed by atoms with E-state index in [0.29, 0.717) is 6.61 Å². The van der Waals surface area contributed by atoms with E-state index >= 15 is 0 Å². The molecular formula is C14H14ClF3N2O4. The van der Waals surface area contributed by atoms with Crippen LogP contribution in [0.15, 0.2) is 12.3 Å². The average Bonchev–Trinajstić information content (AvgIpc) is 2.94. The van der Waals surface area contributed by atoms with Gasteiger partial charge in [0, 0.05) is 19.3 Å². The van der Waals surface area contributed by atoms with Crippen LogP contribution in [0.25, 0.3) is 0 Å². The van der Waals surface area contributed by atoms with Crippen molar-refractivity contribution in [3.05, 3.63) is 22.8 Å². The van der Waals surface area contributed by atoms with Crippen molar-refractivity contribution in [1.82, 2.24) is 9.88 Å². The Labute approximate surface area is 140 Å². The lowest BCUT2D eigenvalue weighted by Gasteiger charge is -2.18. The predicted molar refractivity (Wildman–Crippen MR) is 77.0 cm³/mol. The number of pyridine rings is 1. The second-order valence-corrected chi connectivity index (χ2v) is 5.65. The molecule has 0 bridgehead atoms. The zero-order valence-electron chi connectivity index (χ0n) is 12.5. The van der Waals surface area contributed by atoms with E-state index in [1.165, 1.54) is 6.07 Å². The molecule has 0 unspecified atom stereocenters. The summed E-state index contributed by atoms with van der Waals surface area (Å²) < 4.78 is 44.0. The summed E-state index contributed by atoms with van der Waals surface area (Å²) in [5, 5.41) is 9.01. The number of alkyl halides is 3. The molecule has 0 spiro atoms. The normalized spacial score (nSPS) is 21.0. The van der Waals surface area contributed by atoms with E-state index in [0.717, 1.165) is 11.1 Å². The van der Waals surface area contributed by atoms with Crippen molar-refractivity contribution in [2.24, 2.45) is 11.8 Å². The van der Waals surface area contributed by atoms with Gasteiger partial charge in [-0.2, -0.15) is 13.2 Å². The minimum atomic E-state index is -4.70. The molecule has 2 rings (SSSR count). The molecule has 2 atom stereocenters. The van der Waals surface area contributed by atoms with Crippen molar-refractivity contribution in [2.45, 2.75) is 13.1 Å². The third kappa shape index (κ3) is 3.72. The van der Waals surface area contributed by atoms with Gasteiger partial charge in [0.25, 0.3) is 5.91 Å². The fraction of sp³-hybridized carbons (Fsp3) is 0.500. The molecular weight excluding hydrogens is 353 g/mol. The molecule has 0 aromatic carbocycles. The summed E-state index contributed by atoms with van der Waals surface area (Å²) in [6, 6.07) is 1.23. The monoisotopic (exact) mass is 366 g/mol. The van der Waals surface area contributed by atoms with Crippen molar-refractivity contribution in [1.29, 1.82) is 0 Å². The molecule has 1 N–H and O–H groups in total. The Morgan fingerprint density at radius 3 is 2.58 bits per heavy atom. The quantitative estimate of drug-likeness (QED) is 0.885. The molecule has 2 heterocycles. The highest BCUT2D eigenvalue weighted by atomic mass is 35.5. The molecule has 1 aromatic rings. The molecule has 24 heavy (non-hydrogen) atoms. The van der Waals surface area contributed by atoms with E-state index in [1.807, 2.05) is 0 Å². The Balaban J connectivity index is 2.21. The lowest BCUT2D eigenvalue weighted by atomic mass is 9.96. The van der Waals surface area contributed by atoms with Crippen LogP contribution in [0.2, 0.25) is 5.02 Å². The van der Waals surface area contributed by atoms with Gasteiger partial charge in [-0.1, -0.05) is 11.6 Å². The number of halogens is 4. The average molecular weight is 367 g/mol. The minimum Gasteiger partial charge on any atom is -0.481 e. The first kappa shape index (κ1) is 18.3. The number of aromatic nitrogens is 1. The number of carboxylic acid groups (broad SMARTS) is 1. The van der Waals surface area contributed by atoms with Crippen LogP contribution < -0.4 is 4.74 Å². The van der Waals surface area contributed by atoms with Gasteiger partial charge in [-0.3, -0.25) is 9.59 Å². The molecule has 1 saturated heterocycles. The molecule has 10 heteroatoms. The largest absolute Gasteiger partial charge is 0.481 e. The van der Waals surface area contributed by atoms with Crippen LogP contribution in [0, 0.1) is 11.8 Å². The van der Waals surface area contributed by atoms with Crippen molar-refractivity contribution >= 4 is 23.5 Å². The lowest BCUT2D eigenvalue weighted by molar-refractivity contribution is -0.187. The first-order valence-electron chi connectivity index (χ1n) is 7.02. The number of carboxylic acids is 1. The fourth-order valence-corrected chi connectivity index (χ4v) is 2.74. The van der Waals surface area contributed by atoms with E-state index in [4.69, 9.17) is 21.4 Å². The van der Waals surface area contributed by atoms with Gasteiger partial charge in [0.15, 0.2) is 0 Å². The van der Waals surface area contributed by atoms with Crippen LogP contribution in [-0.2, 0) is 4.79 Å². The van der Waals surface area contributed by atoms with Gasteiger partial charge in [0.1, 0.15) is 5.02 Å². The number of hydrogen-bond donors (Lipinski definition) is 1. The van der Waals surface area contributed by atoms with Crippen molar-refractivity contribution in [2.75, 3.05) is 19.7 Å². The number of carbonyl (C=O) groups is 2. The van der Waals surface area contributed by atoms with Crippen LogP contribution in [-0.4, -0.2) is 52.7 Å². The highest BCUT2D eigenvalue weighted by Crippen LogP contribution is 2.38. The maximum atomic E-state index is 13.0. The van der Waals surface area contributed by atoms with E-state index in [-0.39, 0.29) is 16.5 Å². The number of amides is 1. The first-order valence-corrected chi connectivity index (χ1v) is 7.40. The molecule has 6 nitrogen and oxygen atoms in total. The zero-order valence-corrected chi connectivity index (χ0v) is 13.3. The van der Waals surface area contributed by atoms with Crippen LogP contribution >= 0.6 is 11.6 Å². The van der Waals surface area contributed by atoms with E-state index in [9.17, 15) is 22.8 Å². The van der Waals surface area contributed by atoms with Crippen molar-refractivity contribution < 1.29 is 32.6 Å². The summed E-state index contributed by atoms with van der Waals surface area (Å²) in [5.41, 5.74) is -0.0320. The number of ether oxygens (including phenoxy) is 1. The topological polar surface area (TPSA) is 79.7 Å². The zero-order chi connectivity index (χ0) is 18.1. The minimum absolute atomic E-state index is 0.0320. The van der Waals surface area contributed by atoms with Crippen LogP contribution in [0.1, 0.15) is 17.3 Å². The van der Waals surface area contributed by atoms with E-state index in [2.05, 4.69) is 4.98 Å². The fourth-order valence-electron chi connectivity index (χ4n) is 2.52. The molecule has 0 radical (unpaired) electrons. The number of hydrogen-bond acceptors (Lipinski definition) is 4. The van der Waals surface area contributed by atoms with Gasteiger partial charge in [-0.05, 0) is 13.0 Å². The highest BCUT2D eigenvalue weighted by Gasteiger charge is 2.53. The first-order chi connectivity index (χ1) is 11.1. The summed E-state index contributed by atoms with van der Waals surface area (Å²) in [6.07, 6.45) is -3.57. The maximum Gasteiger partial charge on any atom is 0.394 e. The van der Waals surface area contributed by atoms with Crippen LogP contribution in [0.4, 0.5) is 13.2 Å². The standard InChI is InChI=1S/C14H14ClF3N2O4/c1-2-24-11-10(15)3-7(4-19-11)12(21)20-5-8(13(22)23)9(6-20)14(16,17)18/h3-4,8-9H,2,5-6H2,1H3,(H,22,23)/t8-,9-/m1/s1. The van der Waals surface area contributed by atoms with E-state index < -0.39 is 43.0 Å². The van der Waals surface area contributed by atoms with Crippen LogP contribution in [0.3, 0.4) is 0 Å². The number of carbonyl (C=O) groups excluding carboxylic acids is 1. The van der Waals surface area contributed by atoms with Crippen molar-refractivity contribution in [3.63, 3.8) is 0 Å². The molecule has 1 amide bonds. The SMILES string of the molecule is CCOc1ncc(C(=O)N2C[C@@H](C(F)(F)F)[C@H](C(=O)O)C2)cc1Cl. The maximum absolute atomic E-state index is 13.0. The Kier molecular flexibility index (Phi) is 5.22. The number of aliphatic carboxylic acids is 1. The predicted octanol–water partition coefficient (Wildman–Crippen LogP) is 2.47. The third-order valence-corrected chi connectivity index (χ3v) is 3.95. The Morgan fingerprint density at radius 2 is 2.12 bits per heavy atom. The molecule has 1 aliphatic heterocycles. The summed E-state index contributed by atoms with van der Waals surface area (Å²) in [4.78, 5) is 28.1. The van der Waals surface area contributed by atoms with Gasteiger partial charge in [0.2, 0.25) is 5.88 Å². The van der Waals surface area contributed by atoms with Crippen molar-refractivity contribution in [3.8, 4) is 5.88 Å². The molecule has 1 aliphatic rings. The summed E-state index contributed by atoms with van der Waals surface area (Å²) in [7, 11) is 0. The number of rotatable bonds is 4. The number of likely N-dealkylation sites (tertiary alicyclic amines) is 1. The second kappa shape index (κ2) is 6.84. The third-order valence-electron chi connectivity index (χ3n) is 3.68. The summed E-state index contributed by atoms with van der Waals surface area (Å²) in [5.74, 6) is -6.04. The lowest BCUT2D eigenvalue weighted by Crippen LogP contribution is -2.34. The molecule has 0 saturated carbocycles. The Hall–Kier alpha value is -2.03. The smallest absolute Gasteiger partial charge is 0.394 e. The molecule has 1 aromatic heterocycles. The Morgan fingerprint density at radius 1 is 1.46 bits per heavy atom. The summed E-state index contributed by atoms with van der Waals surface area (Å²) in [6.45, 7) is 0.775. The van der Waals surface area contributed by atoms with E-state index in [1.54, 1.807) is 6.92 Å². The van der Waals surface area contributed by atoms with Gasteiger partial charge in [-0.25, -0.2) is 4.98 Å². The Bertz CT molecular complexity index is 653. The van der Waals surface area contributed by atoms with Gasteiger partial charge in [-0.15, -0.1) is 0 Å². The highest BCUT2D eigenvalue weighted by molar-refractivity contribution is 6.32.